The van der Waals surface area contributed by atoms with Crippen LogP contribution in [0.5, 0.6) is 0 Å². The van der Waals surface area contributed by atoms with Gasteiger partial charge >= 0.3 is 0 Å². The third-order valence-corrected chi connectivity index (χ3v) is 7.65. The summed E-state index contributed by atoms with van der Waals surface area (Å²) in [5, 5.41) is 3.18. The van der Waals surface area contributed by atoms with Crippen LogP contribution in [0.2, 0.25) is 0 Å². The smallest absolute Gasteiger partial charge is 0.253 e. The average molecular weight is 473 g/mol. The lowest BCUT2D eigenvalue weighted by atomic mass is 9.92. The van der Waals surface area contributed by atoms with Gasteiger partial charge in [-0.1, -0.05) is 0 Å². The number of pyridine rings is 1. The summed E-state index contributed by atoms with van der Waals surface area (Å²) in [6.07, 6.45) is 4.26. The van der Waals surface area contributed by atoms with Crippen LogP contribution in [0.15, 0.2) is 35.4 Å². The van der Waals surface area contributed by atoms with Crippen LogP contribution in [0.1, 0.15) is 62.0 Å². The molecule has 2 N–H and O–H groups in total. The first-order valence-corrected chi connectivity index (χ1v) is 12.5. The number of halogens is 1. The van der Waals surface area contributed by atoms with Gasteiger partial charge in [0.05, 0.1) is 22.5 Å². The fourth-order valence-electron chi connectivity index (χ4n) is 4.21. The molecule has 9 heteroatoms. The second-order valence-corrected chi connectivity index (χ2v) is 11.3. The highest BCUT2D eigenvalue weighted by atomic mass is 32.2. The Morgan fingerprint density at radius 3 is 2.42 bits per heavy atom. The first-order valence-electron chi connectivity index (χ1n) is 11.0. The molecule has 0 atom stereocenters. The molecule has 0 spiro atoms. The summed E-state index contributed by atoms with van der Waals surface area (Å²) >= 11 is 0. The van der Waals surface area contributed by atoms with Crippen molar-refractivity contribution in [1.29, 1.82) is 0 Å². The fourth-order valence-corrected chi connectivity index (χ4v) is 5.57. The largest absolute Gasteiger partial charge is 0.355 e. The lowest BCUT2D eigenvalue weighted by molar-refractivity contribution is 0.0965. The van der Waals surface area contributed by atoms with Crippen LogP contribution in [0.3, 0.4) is 0 Å². The summed E-state index contributed by atoms with van der Waals surface area (Å²) < 4.78 is 44.6. The molecule has 1 aromatic carbocycles. The van der Waals surface area contributed by atoms with E-state index in [0.29, 0.717) is 27.9 Å². The molecule has 0 unspecified atom stereocenters. The standard InChI is InChI=1S/C24H29FN4O3S/c1-14-11-20-17(12-18(14)25)21(23(30)26-5)22(29(20)15-7-6-8-15)19-10-9-16(13-27-19)33(31,32)28-24(2,3)4/h9-13,15,28H,6-8H2,1-5H3,(H,26,30). The summed E-state index contributed by atoms with van der Waals surface area (Å²) in [6, 6.07) is 6.43. The van der Waals surface area contributed by atoms with Crippen molar-refractivity contribution in [2.24, 2.45) is 0 Å². The van der Waals surface area contributed by atoms with Crippen LogP contribution >= 0.6 is 0 Å². The maximum Gasteiger partial charge on any atom is 0.253 e. The Labute approximate surface area is 193 Å². The number of carbonyl (C=O) groups excluding carboxylic acids is 1. The van der Waals surface area contributed by atoms with Crippen LogP contribution in [0.25, 0.3) is 22.3 Å². The number of carbonyl (C=O) groups is 1. The summed E-state index contributed by atoms with van der Waals surface area (Å²) in [4.78, 5) is 17.5. The van der Waals surface area contributed by atoms with Crippen molar-refractivity contribution >= 4 is 26.8 Å². The Morgan fingerprint density at radius 2 is 1.91 bits per heavy atom. The normalized spacial score (nSPS) is 15.0. The van der Waals surface area contributed by atoms with E-state index >= 15 is 0 Å². The number of hydrogen-bond donors (Lipinski definition) is 2. The molecule has 3 aromatic rings. The number of aromatic nitrogens is 2. The lowest BCUT2D eigenvalue weighted by Crippen LogP contribution is -2.40. The van der Waals surface area contributed by atoms with Gasteiger partial charge in [-0.15, -0.1) is 0 Å². The number of sulfonamides is 1. The Hall–Kier alpha value is -2.78. The highest BCUT2D eigenvalue weighted by Gasteiger charge is 2.31. The number of hydrogen-bond acceptors (Lipinski definition) is 4. The molecule has 176 valence electrons. The number of benzene rings is 1. The zero-order valence-corrected chi connectivity index (χ0v) is 20.3. The van der Waals surface area contributed by atoms with Gasteiger partial charge in [0.25, 0.3) is 5.91 Å². The Kier molecular flexibility index (Phi) is 5.82. The summed E-state index contributed by atoms with van der Waals surface area (Å²) in [6.45, 7) is 6.99. The van der Waals surface area contributed by atoms with Gasteiger partial charge in [-0.2, -0.15) is 0 Å². The predicted octanol–water partition coefficient (Wildman–Crippen LogP) is 4.31. The molecule has 1 fully saturated rings. The van der Waals surface area contributed by atoms with E-state index in [1.807, 2.05) is 0 Å². The van der Waals surface area contributed by atoms with E-state index in [-0.39, 0.29) is 22.7 Å². The van der Waals surface area contributed by atoms with E-state index in [9.17, 15) is 17.6 Å². The molecule has 0 bridgehead atoms. The first-order chi connectivity index (χ1) is 15.4. The van der Waals surface area contributed by atoms with Crippen molar-refractivity contribution in [3.63, 3.8) is 0 Å². The van der Waals surface area contributed by atoms with E-state index in [4.69, 9.17) is 0 Å². The van der Waals surface area contributed by atoms with Gasteiger partial charge in [0.2, 0.25) is 10.0 Å². The minimum Gasteiger partial charge on any atom is -0.355 e. The Bertz CT molecular complexity index is 1340. The first kappa shape index (κ1) is 23.4. The lowest BCUT2D eigenvalue weighted by Gasteiger charge is -2.30. The van der Waals surface area contributed by atoms with Crippen LogP contribution < -0.4 is 10.0 Å². The number of rotatable bonds is 5. The quantitative estimate of drug-likeness (QED) is 0.579. The molecular formula is C24H29FN4O3S. The molecule has 0 saturated heterocycles. The Balaban J connectivity index is 1.94. The van der Waals surface area contributed by atoms with Crippen molar-refractivity contribution in [3.05, 3.63) is 47.4 Å². The third kappa shape index (κ3) is 4.27. The SMILES string of the molecule is CNC(=O)c1c(-c2ccc(S(=O)(=O)NC(C)(C)C)cn2)n(C2CCC2)c2cc(C)c(F)cc12. The number of amides is 1. The average Bonchev–Trinajstić information content (AvgIpc) is 2.98. The molecule has 33 heavy (non-hydrogen) atoms. The molecular weight excluding hydrogens is 443 g/mol. The van der Waals surface area contributed by atoms with Crippen LogP contribution in [0, 0.1) is 12.7 Å². The van der Waals surface area contributed by atoms with E-state index in [2.05, 4.69) is 19.6 Å². The van der Waals surface area contributed by atoms with Crippen molar-refractivity contribution in [2.75, 3.05) is 7.05 Å². The third-order valence-electron chi connectivity index (χ3n) is 5.91. The number of nitrogens with zero attached hydrogens (tertiary/aromatic N) is 2. The Morgan fingerprint density at radius 1 is 1.21 bits per heavy atom. The van der Waals surface area contributed by atoms with E-state index in [0.717, 1.165) is 24.8 Å². The maximum atomic E-state index is 14.5. The molecule has 2 aromatic heterocycles. The predicted molar refractivity (Wildman–Crippen MR) is 126 cm³/mol. The van der Waals surface area contributed by atoms with E-state index < -0.39 is 15.6 Å². The molecule has 0 radical (unpaired) electrons. The molecule has 1 saturated carbocycles. The van der Waals surface area contributed by atoms with Gasteiger partial charge in [-0.3, -0.25) is 9.78 Å². The van der Waals surface area contributed by atoms with Gasteiger partial charge < -0.3 is 9.88 Å². The van der Waals surface area contributed by atoms with E-state index in [1.54, 1.807) is 39.8 Å². The summed E-state index contributed by atoms with van der Waals surface area (Å²) in [7, 11) is -2.22. The molecule has 1 aliphatic carbocycles. The molecule has 1 aliphatic rings. The minimum absolute atomic E-state index is 0.0378. The van der Waals surface area contributed by atoms with Gasteiger partial charge in [0, 0.05) is 30.2 Å². The summed E-state index contributed by atoms with van der Waals surface area (Å²) in [5.41, 5.74) is 2.02. The number of aryl methyl sites for hydroxylation is 1. The number of nitrogens with one attached hydrogen (secondary N) is 2. The minimum atomic E-state index is -3.75. The topological polar surface area (TPSA) is 93.1 Å². The highest BCUT2D eigenvalue weighted by molar-refractivity contribution is 7.89. The second kappa shape index (κ2) is 8.22. The van der Waals surface area contributed by atoms with E-state index in [1.165, 1.54) is 25.4 Å². The maximum absolute atomic E-state index is 14.5. The van der Waals surface area contributed by atoms with Crippen molar-refractivity contribution in [2.45, 2.75) is 63.4 Å². The molecule has 1 amide bonds. The monoisotopic (exact) mass is 472 g/mol. The zero-order chi connectivity index (χ0) is 24.1. The van der Waals surface area contributed by atoms with Crippen molar-refractivity contribution in [1.82, 2.24) is 19.6 Å². The highest BCUT2D eigenvalue weighted by Crippen LogP contribution is 2.43. The van der Waals surface area contributed by atoms with Crippen molar-refractivity contribution in [3.8, 4) is 11.4 Å². The second-order valence-electron chi connectivity index (χ2n) is 9.61. The molecule has 0 aliphatic heterocycles. The van der Waals surface area contributed by atoms with Crippen LogP contribution in [-0.2, 0) is 10.0 Å². The number of fused-ring (bicyclic) bond motifs is 1. The van der Waals surface area contributed by atoms with Gasteiger partial charge in [-0.05, 0) is 76.8 Å². The van der Waals surface area contributed by atoms with Crippen molar-refractivity contribution < 1.29 is 17.6 Å². The van der Waals surface area contributed by atoms with Crippen LogP contribution in [0.4, 0.5) is 4.39 Å². The zero-order valence-electron chi connectivity index (χ0n) is 19.5. The summed E-state index contributed by atoms with van der Waals surface area (Å²) in [5.74, 6) is -0.725. The van der Waals surface area contributed by atoms with Gasteiger partial charge in [-0.25, -0.2) is 17.5 Å². The van der Waals surface area contributed by atoms with Gasteiger partial charge in [0.1, 0.15) is 10.7 Å². The molecule has 4 rings (SSSR count). The molecule has 7 nitrogen and oxygen atoms in total. The van der Waals surface area contributed by atoms with Crippen LogP contribution in [-0.4, -0.2) is 36.5 Å². The molecule has 2 heterocycles. The van der Waals surface area contributed by atoms with Gasteiger partial charge in [0.15, 0.2) is 0 Å². The fraction of sp³-hybridized carbons (Fsp3) is 0.417.